The molecule has 0 radical (unpaired) electrons. The first-order chi connectivity index (χ1) is 15.6. The molecular weight excluding hydrogens is 386 g/mol. The van der Waals surface area contributed by atoms with Crippen molar-refractivity contribution in [1.29, 1.82) is 0 Å². The van der Waals surface area contributed by atoms with Gasteiger partial charge < -0.3 is 0 Å². The Morgan fingerprint density at radius 3 is 2.44 bits per heavy atom. The highest BCUT2D eigenvalue weighted by Crippen LogP contribution is 2.45. The molecule has 1 nitrogen and oxygen atoms in total. The van der Waals surface area contributed by atoms with Crippen molar-refractivity contribution in [3.8, 4) is 22.4 Å². The fourth-order valence-electron chi connectivity index (χ4n) is 6.11. The van der Waals surface area contributed by atoms with E-state index in [1.165, 1.54) is 81.0 Å². The Morgan fingerprint density at radius 2 is 1.62 bits per heavy atom. The molecule has 4 aromatic rings. The van der Waals surface area contributed by atoms with E-state index in [0.717, 1.165) is 12.1 Å². The Kier molecular flexibility index (Phi) is 4.68. The number of aryl methyl sites for hydroxylation is 1. The van der Waals surface area contributed by atoms with Crippen molar-refractivity contribution in [1.82, 2.24) is 4.98 Å². The molecular formula is C31H31N. The van der Waals surface area contributed by atoms with Crippen molar-refractivity contribution in [2.24, 2.45) is 0 Å². The van der Waals surface area contributed by atoms with Crippen LogP contribution < -0.4 is 0 Å². The van der Waals surface area contributed by atoms with Crippen LogP contribution in [0.25, 0.3) is 33.2 Å². The number of aromatic nitrogens is 1. The Hall–Kier alpha value is -2.93. The van der Waals surface area contributed by atoms with E-state index in [0.29, 0.717) is 11.8 Å². The van der Waals surface area contributed by atoms with Crippen LogP contribution in [-0.2, 0) is 6.42 Å². The summed E-state index contributed by atoms with van der Waals surface area (Å²) >= 11 is 0. The third-order valence-corrected chi connectivity index (χ3v) is 7.71. The minimum atomic E-state index is 0.501. The molecule has 6 rings (SSSR count). The van der Waals surface area contributed by atoms with Gasteiger partial charge in [0.2, 0.25) is 0 Å². The van der Waals surface area contributed by atoms with Gasteiger partial charge in [0.1, 0.15) is 0 Å². The maximum absolute atomic E-state index is 5.03. The highest BCUT2D eigenvalue weighted by atomic mass is 14.7. The van der Waals surface area contributed by atoms with Crippen LogP contribution >= 0.6 is 0 Å². The van der Waals surface area contributed by atoms with E-state index in [2.05, 4.69) is 75.4 Å². The molecule has 32 heavy (non-hydrogen) atoms. The van der Waals surface area contributed by atoms with Crippen molar-refractivity contribution in [2.45, 2.75) is 64.7 Å². The van der Waals surface area contributed by atoms with E-state index in [9.17, 15) is 0 Å². The molecule has 0 saturated heterocycles. The maximum Gasteiger partial charge on any atom is 0.0783 e. The van der Waals surface area contributed by atoms with Gasteiger partial charge in [0.15, 0.2) is 0 Å². The van der Waals surface area contributed by atoms with Gasteiger partial charge in [-0.1, -0.05) is 63.1 Å². The molecule has 1 fully saturated rings. The van der Waals surface area contributed by atoms with Crippen LogP contribution in [0.15, 0.2) is 60.8 Å². The summed E-state index contributed by atoms with van der Waals surface area (Å²) in [5, 5.41) is 2.71. The lowest BCUT2D eigenvalue weighted by atomic mass is 9.86. The summed E-state index contributed by atoms with van der Waals surface area (Å²) < 4.78 is 0. The average molecular weight is 418 g/mol. The van der Waals surface area contributed by atoms with Gasteiger partial charge in [-0.05, 0) is 101 Å². The number of hydrogen-bond donors (Lipinski definition) is 0. The molecule has 0 amide bonds. The highest BCUT2D eigenvalue weighted by molar-refractivity contribution is 5.99. The lowest BCUT2D eigenvalue weighted by molar-refractivity contribution is 0.721. The lowest BCUT2D eigenvalue weighted by Gasteiger charge is -2.19. The molecule has 1 aromatic heterocycles. The first-order valence-electron chi connectivity index (χ1n) is 12.2. The minimum Gasteiger partial charge on any atom is -0.256 e. The zero-order chi connectivity index (χ0) is 21.8. The average Bonchev–Trinajstić information content (AvgIpc) is 3.46. The summed E-state index contributed by atoms with van der Waals surface area (Å²) in [7, 11) is 0. The summed E-state index contributed by atoms with van der Waals surface area (Å²) in [4.78, 5) is 5.03. The molecule has 2 aliphatic rings. The van der Waals surface area contributed by atoms with Gasteiger partial charge in [-0.3, -0.25) is 4.98 Å². The Labute approximate surface area is 191 Å². The summed E-state index contributed by atoms with van der Waals surface area (Å²) in [5.41, 5.74) is 12.5. The van der Waals surface area contributed by atoms with Crippen molar-refractivity contribution in [3.05, 3.63) is 88.6 Å². The van der Waals surface area contributed by atoms with Crippen LogP contribution in [0.4, 0.5) is 0 Å². The topological polar surface area (TPSA) is 12.9 Å². The number of rotatable bonds is 3. The zero-order valence-corrected chi connectivity index (χ0v) is 19.4. The first-order valence-corrected chi connectivity index (χ1v) is 12.2. The van der Waals surface area contributed by atoms with Crippen molar-refractivity contribution in [2.75, 3.05) is 0 Å². The van der Waals surface area contributed by atoms with Gasteiger partial charge in [0.25, 0.3) is 0 Å². The molecule has 0 N–H and O–H groups in total. The second-order valence-corrected chi connectivity index (χ2v) is 10.2. The third kappa shape index (κ3) is 3.10. The summed E-state index contributed by atoms with van der Waals surface area (Å²) in [5.74, 6) is 1.21. The molecule has 160 valence electrons. The standard InChI is InChI=1S/C31H31N/c1-19(2)26-17-23(21-8-4-5-9-21)18-30-25(26)12-13-32-31(30)29-15-20(3)14-27-24-11-7-6-10-22(24)16-28(27)29/h6-7,10-15,17-19,21H,4-5,8-9,16H2,1-3H3. The molecule has 0 atom stereocenters. The molecule has 1 heterocycles. The maximum atomic E-state index is 5.03. The Balaban J connectivity index is 1.62. The second kappa shape index (κ2) is 7.59. The number of hydrogen-bond acceptors (Lipinski definition) is 1. The molecule has 0 bridgehead atoms. The highest BCUT2D eigenvalue weighted by Gasteiger charge is 2.25. The normalized spacial score (nSPS) is 15.5. The van der Waals surface area contributed by atoms with Gasteiger partial charge in [0.05, 0.1) is 5.69 Å². The van der Waals surface area contributed by atoms with E-state index >= 15 is 0 Å². The van der Waals surface area contributed by atoms with Gasteiger partial charge in [0, 0.05) is 17.1 Å². The minimum absolute atomic E-state index is 0.501. The molecule has 1 saturated carbocycles. The SMILES string of the molecule is Cc1cc2c(c(-c3nccc4c(C(C)C)cc(C5CCCC5)cc34)c1)Cc1ccccc1-2. The second-order valence-electron chi connectivity index (χ2n) is 10.2. The lowest BCUT2D eigenvalue weighted by Crippen LogP contribution is -2.00. The van der Waals surface area contributed by atoms with Gasteiger partial charge in [-0.15, -0.1) is 0 Å². The molecule has 1 heteroatoms. The van der Waals surface area contributed by atoms with Crippen molar-refractivity contribution in [3.63, 3.8) is 0 Å². The number of benzene rings is 3. The summed E-state index contributed by atoms with van der Waals surface area (Å²) in [6.07, 6.45) is 8.41. The first kappa shape index (κ1) is 19.7. The number of fused-ring (bicyclic) bond motifs is 4. The van der Waals surface area contributed by atoms with E-state index in [1.807, 2.05) is 6.20 Å². The fourth-order valence-corrected chi connectivity index (χ4v) is 6.11. The van der Waals surface area contributed by atoms with Gasteiger partial charge >= 0.3 is 0 Å². The Morgan fingerprint density at radius 1 is 0.844 bits per heavy atom. The van der Waals surface area contributed by atoms with Crippen molar-refractivity contribution < 1.29 is 0 Å². The van der Waals surface area contributed by atoms with E-state index in [1.54, 1.807) is 0 Å². The van der Waals surface area contributed by atoms with Gasteiger partial charge in [-0.2, -0.15) is 0 Å². The van der Waals surface area contributed by atoms with Crippen LogP contribution in [0.1, 0.15) is 79.2 Å². The smallest absolute Gasteiger partial charge is 0.0783 e. The van der Waals surface area contributed by atoms with Crippen molar-refractivity contribution >= 4 is 10.8 Å². The van der Waals surface area contributed by atoms with Crippen LogP contribution in [0.3, 0.4) is 0 Å². The monoisotopic (exact) mass is 417 g/mol. The van der Waals surface area contributed by atoms with Crippen LogP contribution in [0.5, 0.6) is 0 Å². The number of nitrogens with zero attached hydrogens (tertiary/aromatic N) is 1. The predicted molar refractivity (Wildman–Crippen MR) is 135 cm³/mol. The molecule has 0 aliphatic heterocycles. The quantitative estimate of drug-likeness (QED) is 0.286. The Bertz CT molecular complexity index is 1340. The van der Waals surface area contributed by atoms with E-state index in [4.69, 9.17) is 4.98 Å². The van der Waals surface area contributed by atoms with Crippen LogP contribution in [-0.4, -0.2) is 4.98 Å². The molecule has 2 aliphatic carbocycles. The van der Waals surface area contributed by atoms with Crippen LogP contribution in [0.2, 0.25) is 0 Å². The summed E-state index contributed by atoms with van der Waals surface area (Å²) in [6.45, 7) is 6.88. The molecule has 0 spiro atoms. The van der Waals surface area contributed by atoms with E-state index in [-0.39, 0.29) is 0 Å². The van der Waals surface area contributed by atoms with Crippen LogP contribution in [0, 0.1) is 6.92 Å². The third-order valence-electron chi connectivity index (χ3n) is 7.71. The number of pyridine rings is 1. The summed E-state index contributed by atoms with van der Waals surface area (Å²) in [6, 6.07) is 20.8. The van der Waals surface area contributed by atoms with Gasteiger partial charge in [-0.25, -0.2) is 0 Å². The van der Waals surface area contributed by atoms with E-state index < -0.39 is 0 Å². The zero-order valence-electron chi connectivity index (χ0n) is 19.4. The largest absolute Gasteiger partial charge is 0.256 e. The molecule has 0 unspecified atom stereocenters. The fraction of sp³-hybridized carbons (Fsp3) is 0.323. The predicted octanol–water partition coefficient (Wildman–Crippen LogP) is 8.56. The molecule has 3 aromatic carbocycles.